The molecule has 4 rings (SSSR count). The van der Waals surface area contributed by atoms with E-state index in [1.54, 1.807) is 4.90 Å². The normalized spacial score (nSPS) is 18.7. The highest BCUT2D eigenvalue weighted by Crippen LogP contribution is 2.36. The molecule has 0 fully saturated rings. The fourth-order valence-corrected chi connectivity index (χ4v) is 4.20. The van der Waals surface area contributed by atoms with Crippen LogP contribution < -0.4 is 5.32 Å². The summed E-state index contributed by atoms with van der Waals surface area (Å²) in [5, 5.41) is 7.74. The first-order valence-corrected chi connectivity index (χ1v) is 10.6. The van der Waals surface area contributed by atoms with Gasteiger partial charge in [0.15, 0.2) is 0 Å². The molecule has 2 aliphatic rings. The van der Waals surface area contributed by atoms with Crippen LogP contribution in [0.25, 0.3) is 5.69 Å². The van der Waals surface area contributed by atoms with Crippen molar-refractivity contribution in [3.05, 3.63) is 46.8 Å². The molecule has 0 saturated heterocycles. The van der Waals surface area contributed by atoms with Crippen molar-refractivity contribution in [1.29, 1.82) is 0 Å². The van der Waals surface area contributed by atoms with Crippen LogP contribution in [0.4, 0.5) is 4.79 Å². The Hall–Kier alpha value is -2.83. The van der Waals surface area contributed by atoms with Gasteiger partial charge in [-0.15, -0.1) is 0 Å². The predicted octanol–water partition coefficient (Wildman–Crippen LogP) is 3.50. The van der Waals surface area contributed by atoms with E-state index in [1.807, 2.05) is 25.5 Å². The van der Waals surface area contributed by atoms with Gasteiger partial charge in [-0.05, 0) is 44.4 Å². The van der Waals surface area contributed by atoms with Crippen LogP contribution in [0.3, 0.4) is 0 Å². The first-order chi connectivity index (χ1) is 14.1. The second-order valence-electron chi connectivity index (χ2n) is 9.39. The van der Waals surface area contributed by atoms with Gasteiger partial charge in [-0.25, -0.2) is 9.48 Å². The molecule has 1 aromatic heterocycles. The Kier molecular flexibility index (Phi) is 5.08. The number of aromatic nitrogens is 2. The zero-order valence-electron chi connectivity index (χ0n) is 18.4. The topological polar surface area (TPSA) is 76.5 Å². The van der Waals surface area contributed by atoms with Crippen molar-refractivity contribution >= 4 is 12.0 Å². The van der Waals surface area contributed by atoms with E-state index in [9.17, 15) is 9.59 Å². The van der Waals surface area contributed by atoms with Crippen LogP contribution in [0, 0.1) is 0 Å². The maximum absolute atomic E-state index is 12.9. The molecule has 160 valence electrons. The van der Waals surface area contributed by atoms with Crippen molar-refractivity contribution in [2.45, 2.75) is 65.0 Å². The summed E-state index contributed by atoms with van der Waals surface area (Å²) in [4.78, 5) is 26.9. The minimum absolute atomic E-state index is 0.0730. The first kappa shape index (κ1) is 20.4. The average molecular weight is 411 g/mol. The van der Waals surface area contributed by atoms with E-state index in [0.29, 0.717) is 25.4 Å². The van der Waals surface area contributed by atoms with Crippen molar-refractivity contribution in [3.8, 4) is 5.69 Å². The standard InChI is InChI=1S/C23H30N4O3/c1-14(2)15-6-8-16(9-7-15)27-18-10-11-26(22(29)30-23(3,4)5)19-13-24-20(28)12-17(25-27)21(18)19/h6-9,14,19H,10-13H2,1-5H3,(H,24,28). The molecule has 2 amide bonds. The number of carbonyl (C=O) groups excluding carboxylic acids is 2. The maximum Gasteiger partial charge on any atom is 0.410 e. The second-order valence-corrected chi connectivity index (χ2v) is 9.39. The third-order valence-electron chi connectivity index (χ3n) is 5.65. The molecule has 30 heavy (non-hydrogen) atoms. The van der Waals surface area contributed by atoms with Crippen LogP contribution >= 0.6 is 0 Å². The number of hydrogen-bond donors (Lipinski definition) is 1. The molecule has 0 radical (unpaired) electrons. The van der Waals surface area contributed by atoms with E-state index in [2.05, 4.69) is 43.4 Å². The molecule has 3 heterocycles. The molecule has 2 aliphatic heterocycles. The van der Waals surface area contributed by atoms with Gasteiger partial charge in [0.2, 0.25) is 5.91 Å². The van der Waals surface area contributed by atoms with Gasteiger partial charge in [0.05, 0.1) is 29.5 Å². The molecule has 7 heteroatoms. The van der Waals surface area contributed by atoms with Crippen molar-refractivity contribution in [1.82, 2.24) is 20.0 Å². The summed E-state index contributed by atoms with van der Waals surface area (Å²) in [5.41, 5.74) is 4.48. The lowest BCUT2D eigenvalue weighted by atomic mass is 9.96. The molecule has 1 aromatic carbocycles. The zero-order chi connectivity index (χ0) is 21.6. The Bertz CT molecular complexity index is 970. The number of nitrogens with one attached hydrogen (secondary N) is 1. The maximum atomic E-state index is 12.9. The molecule has 1 atom stereocenters. The van der Waals surface area contributed by atoms with Crippen molar-refractivity contribution < 1.29 is 14.3 Å². The highest BCUT2D eigenvalue weighted by atomic mass is 16.6. The number of benzene rings is 1. The smallest absolute Gasteiger partial charge is 0.410 e. The predicted molar refractivity (Wildman–Crippen MR) is 114 cm³/mol. The molecule has 0 aliphatic carbocycles. The summed E-state index contributed by atoms with van der Waals surface area (Å²) in [6, 6.07) is 8.13. The van der Waals surface area contributed by atoms with Crippen molar-refractivity contribution in [2.75, 3.05) is 13.1 Å². The Morgan fingerprint density at radius 2 is 1.93 bits per heavy atom. The molecule has 0 saturated carbocycles. The van der Waals surface area contributed by atoms with Gasteiger partial charge in [0, 0.05) is 25.1 Å². The van der Waals surface area contributed by atoms with Crippen molar-refractivity contribution in [3.63, 3.8) is 0 Å². The third-order valence-corrected chi connectivity index (χ3v) is 5.65. The van der Waals surface area contributed by atoms with Gasteiger partial charge in [-0.2, -0.15) is 5.10 Å². The lowest BCUT2D eigenvalue weighted by Crippen LogP contribution is -2.46. The van der Waals surface area contributed by atoms with Crippen LogP contribution in [-0.4, -0.2) is 45.4 Å². The van der Waals surface area contributed by atoms with Crippen LogP contribution in [0.2, 0.25) is 0 Å². The van der Waals surface area contributed by atoms with Gasteiger partial charge in [-0.1, -0.05) is 26.0 Å². The van der Waals surface area contributed by atoms with Crippen LogP contribution in [0.15, 0.2) is 24.3 Å². The van der Waals surface area contributed by atoms with E-state index >= 15 is 0 Å². The third kappa shape index (κ3) is 3.80. The Balaban J connectivity index is 1.74. The summed E-state index contributed by atoms with van der Waals surface area (Å²) >= 11 is 0. The monoisotopic (exact) mass is 410 g/mol. The molecule has 0 bridgehead atoms. The minimum atomic E-state index is -0.573. The van der Waals surface area contributed by atoms with Crippen LogP contribution in [0.5, 0.6) is 0 Å². The molecule has 0 spiro atoms. The van der Waals surface area contributed by atoms with E-state index in [0.717, 1.165) is 22.6 Å². The van der Waals surface area contributed by atoms with Gasteiger partial charge in [-0.3, -0.25) is 9.69 Å². The lowest BCUT2D eigenvalue weighted by molar-refractivity contribution is -0.120. The SMILES string of the molecule is CC(C)c1ccc(-n2nc3c4c2CCN(C(=O)OC(C)(C)C)C4CNC(=O)C3)cc1. The molecule has 1 unspecified atom stereocenters. The van der Waals surface area contributed by atoms with E-state index < -0.39 is 5.60 Å². The van der Waals surface area contributed by atoms with E-state index in [-0.39, 0.29) is 24.5 Å². The largest absolute Gasteiger partial charge is 0.444 e. The van der Waals surface area contributed by atoms with Gasteiger partial charge >= 0.3 is 6.09 Å². The minimum Gasteiger partial charge on any atom is -0.444 e. The highest BCUT2D eigenvalue weighted by molar-refractivity contribution is 5.80. The summed E-state index contributed by atoms with van der Waals surface area (Å²) in [7, 11) is 0. The number of carbonyl (C=O) groups is 2. The fourth-order valence-electron chi connectivity index (χ4n) is 4.20. The highest BCUT2D eigenvalue weighted by Gasteiger charge is 2.40. The van der Waals surface area contributed by atoms with E-state index in [1.165, 1.54) is 5.56 Å². The van der Waals surface area contributed by atoms with E-state index in [4.69, 9.17) is 9.84 Å². The van der Waals surface area contributed by atoms with Crippen LogP contribution in [-0.2, 0) is 22.4 Å². The number of rotatable bonds is 2. The second kappa shape index (κ2) is 7.45. The fraction of sp³-hybridized carbons (Fsp3) is 0.522. The van der Waals surface area contributed by atoms with Gasteiger partial charge < -0.3 is 10.1 Å². The molecule has 1 N–H and O–H groups in total. The van der Waals surface area contributed by atoms with Gasteiger partial charge in [0.1, 0.15) is 5.60 Å². The number of hydrogen-bond acceptors (Lipinski definition) is 4. The molecule has 7 nitrogen and oxygen atoms in total. The van der Waals surface area contributed by atoms with Crippen LogP contribution in [0.1, 0.15) is 69.1 Å². The lowest BCUT2D eigenvalue weighted by Gasteiger charge is -2.36. The quantitative estimate of drug-likeness (QED) is 0.822. The summed E-state index contributed by atoms with van der Waals surface area (Å²) < 4.78 is 7.58. The summed E-state index contributed by atoms with van der Waals surface area (Å²) in [6.07, 6.45) is 0.533. The Morgan fingerprint density at radius 3 is 2.57 bits per heavy atom. The number of amides is 2. The average Bonchev–Trinajstić information content (AvgIpc) is 2.94. The summed E-state index contributed by atoms with van der Waals surface area (Å²) in [5.74, 6) is 0.387. The summed E-state index contributed by atoms with van der Waals surface area (Å²) in [6.45, 7) is 10.8. The molecular formula is C23H30N4O3. The molecular weight excluding hydrogens is 380 g/mol. The first-order valence-electron chi connectivity index (χ1n) is 10.6. The molecule has 2 aromatic rings. The number of ether oxygens (including phenoxy) is 1. The Morgan fingerprint density at radius 1 is 1.23 bits per heavy atom. The van der Waals surface area contributed by atoms with Gasteiger partial charge in [0.25, 0.3) is 0 Å². The zero-order valence-corrected chi connectivity index (χ0v) is 18.4. The van der Waals surface area contributed by atoms with Crippen molar-refractivity contribution in [2.24, 2.45) is 0 Å². The number of nitrogens with zero attached hydrogens (tertiary/aromatic N) is 3. The Labute approximate surface area is 177 Å².